The van der Waals surface area contributed by atoms with Crippen LogP contribution in [0.4, 0.5) is 0 Å². The molecule has 0 bridgehead atoms. The van der Waals surface area contributed by atoms with Crippen molar-refractivity contribution in [3.63, 3.8) is 0 Å². The van der Waals surface area contributed by atoms with Gasteiger partial charge in [0.1, 0.15) is 5.75 Å². The smallest absolute Gasteiger partial charge is 0.122 e. The van der Waals surface area contributed by atoms with E-state index in [2.05, 4.69) is 5.32 Å². The van der Waals surface area contributed by atoms with Crippen LogP contribution >= 0.6 is 11.6 Å². The molecular formula is C12H16ClNO. The molecule has 82 valence electrons. The summed E-state index contributed by atoms with van der Waals surface area (Å²) in [6.45, 7) is 5.02. The minimum Gasteiger partial charge on any atom is -0.493 e. The molecule has 1 aromatic carbocycles. The van der Waals surface area contributed by atoms with Crippen LogP contribution in [0.2, 0.25) is 5.02 Å². The molecule has 2 rings (SSSR count). The molecule has 0 amide bonds. The highest BCUT2D eigenvalue weighted by Crippen LogP contribution is 2.22. The van der Waals surface area contributed by atoms with E-state index < -0.39 is 0 Å². The molecular weight excluding hydrogens is 210 g/mol. The number of hydrogen-bond acceptors (Lipinski definition) is 2. The molecule has 0 saturated carbocycles. The van der Waals surface area contributed by atoms with E-state index in [-0.39, 0.29) is 0 Å². The Morgan fingerprint density at radius 3 is 3.07 bits per heavy atom. The van der Waals surface area contributed by atoms with Crippen LogP contribution in [-0.2, 0) is 0 Å². The van der Waals surface area contributed by atoms with Crippen molar-refractivity contribution >= 4 is 11.6 Å². The zero-order chi connectivity index (χ0) is 10.7. The average molecular weight is 226 g/mol. The van der Waals surface area contributed by atoms with Crippen molar-refractivity contribution in [3.05, 3.63) is 28.8 Å². The molecule has 1 heterocycles. The van der Waals surface area contributed by atoms with Crippen LogP contribution in [0.15, 0.2) is 18.2 Å². The van der Waals surface area contributed by atoms with Gasteiger partial charge < -0.3 is 10.1 Å². The highest BCUT2D eigenvalue weighted by atomic mass is 35.5. The Morgan fingerprint density at radius 2 is 2.40 bits per heavy atom. The second-order valence-electron chi connectivity index (χ2n) is 4.08. The van der Waals surface area contributed by atoms with E-state index in [0.29, 0.717) is 5.92 Å². The monoisotopic (exact) mass is 225 g/mol. The summed E-state index contributed by atoms with van der Waals surface area (Å²) in [5.41, 5.74) is 1.11. The lowest BCUT2D eigenvalue weighted by Gasteiger charge is -2.12. The van der Waals surface area contributed by atoms with Gasteiger partial charge in [-0.2, -0.15) is 0 Å². The predicted octanol–water partition coefficient (Wildman–Crippen LogP) is 2.64. The Morgan fingerprint density at radius 1 is 1.53 bits per heavy atom. The van der Waals surface area contributed by atoms with Gasteiger partial charge in [-0.15, -0.1) is 0 Å². The number of ether oxygens (including phenoxy) is 1. The summed E-state index contributed by atoms with van der Waals surface area (Å²) in [4.78, 5) is 0. The van der Waals surface area contributed by atoms with Crippen LogP contribution < -0.4 is 10.1 Å². The summed E-state index contributed by atoms with van der Waals surface area (Å²) in [5, 5.41) is 4.10. The highest BCUT2D eigenvalue weighted by molar-refractivity contribution is 6.30. The first-order chi connectivity index (χ1) is 7.25. The molecule has 2 nitrogen and oxygen atoms in total. The van der Waals surface area contributed by atoms with E-state index in [4.69, 9.17) is 16.3 Å². The van der Waals surface area contributed by atoms with Crippen molar-refractivity contribution in [1.29, 1.82) is 0 Å². The lowest BCUT2D eigenvalue weighted by molar-refractivity contribution is 0.258. The van der Waals surface area contributed by atoms with Gasteiger partial charge in [-0.3, -0.25) is 0 Å². The molecule has 15 heavy (non-hydrogen) atoms. The Bertz CT molecular complexity index is 334. The normalized spacial score (nSPS) is 20.5. The first-order valence-corrected chi connectivity index (χ1v) is 5.73. The number of hydrogen-bond donors (Lipinski definition) is 1. The lowest BCUT2D eigenvalue weighted by atomic mass is 10.1. The third-order valence-corrected chi connectivity index (χ3v) is 3.01. The number of nitrogens with one attached hydrogen (secondary N) is 1. The van der Waals surface area contributed by atoms with Crippen molar-refractivity contribution in [2.45, 2.75) is 13.3 Å². The molecule has 0 spiro atoms. The van der Waals surface area contributed by atoms with E-state index >= 15 is 0 Å². The SMILES string of the molecule is Cc1cc(Cl)ccc1OC[C@@H]1CCNC1. The van der Waals surface area contributed by atoms with Gasteiger partial charge in [-0.25, -0.2) is 0 Å². The Labute approximate surface area is 95.6 Å². The average Bonchev–Trinajstić information content (AvgIpc) is 2.69. The number of aryl methyl sites for hydroxylation is 1. The van der Waals surface area contributed by atoms with E-state index in [1.807, 2.05) is 25.1 Å². The van der Waals surface area contributed by atoms with Crippen molar-refractivity contribution in [2.75, 3.05) is 19.7 Å². The van der Waals surface area contributed by atoms with Crippen LogP contribution in [-0.4, -0.2) is 19.7 Å². The van der Waals surface area contributed by atoms with Gasteiger partial charge in [0.2, 0.25) is 0 Å². The number of benzene rings is 1. The molecule has 1 aromatic rings. The molecule has 0 aromatic heterocycles. The quantitative estimate of drug-likeness (QED) is 0.854. The Kier molecular flexibility index (Phi) is 3.49. The summed E-state index contributed by atoms with van der Waals surface area (Å²) in [6.07, 6.45) is 1.21. The summed E-state index contributed by atoms with van der Waals surface area (Å²) in [7, 11) is 0. The van der Waals surface area contributed by atoms with Crippen molar-refractivity contribution in [2.24, 2.45) is 5.92 Å². The molecule has 0 aliphatic carbocycles. The van der Waals surface area contributed by atoms with Gasteiger partial charge in [0, 0.05) is 17.5 Å². The summed E-state index contributed by atoms with van der Waals surface area (Å²) < 4.78 is 5.78. The largest absolute Gasteiger partial charge is 0.493 e. The van der Waals surface area contributed by atoms with E-state index in [9.17, 15) is 0 Å². The second kappa shape index (κ2) is 4.86. The van der Waals surface area contributed by atoms with Crippen molar-refractivity contribution < 1.29 is 4.74 Å². The van der Waals surface area contributed by atoms with Crippen LogP contribution in [0.3, 0.4) is 0 Å². The molecule has 1 aliphatic heterocycles. The minimum atomic E-state index is 0.653. The first kappa shape index (κ1) is 10.8. The predicted molar refractivity (Wildman–Crippen MR) is 62.7 cm³/mol. The molecule has 1 saturated heterocycles. The van der Waals surface area contributed by atoms with Gasteiger partial charge in [-0.05, 0) is 43.7 Å². The van der Waals surface area contributed by atoms with E-state index in [0.717, 1.165) is 36.0 Å². The fourth-order valence-corrected chi connectivity index (χ4v) is 2.07. The molecule has 1 atom stereocenters. The number of rotatable bonds is 3. The molecule has 1 N–H and O–H groups in total. The van der Waals surface area contributed by atoms with Gasteiger partial charge in [0.05, 0.1) is 6.61 Å². The minimum absolute atomic E-state index is 0.653. The fraction of sp³-hybridized carbons (Fsp3) is 0.500. The zero-order valence-corrected chi connectivity index (χ0v) is 9.68. The zero-order valence-electron chi connectivity index (χ0n) is 8.92. The van der Waals surface area contributed by atoms with Gasteiger partial charge >= 0.3 is 0 Å². The standard InChI is InChI=1S/C12H16ClNO/c1-9-6-11(13)2-3-12(9)15-8-10-4-5-14-7-10/h2-3,6,10,14H,4-5,7-8H2,1H3/t10-/m1/s1. The summed E-state index contributed by atoms with van der Waals surface area (Å²) >= 11 is 5.88. The molecule has 1 fully saturated rings. The first-order valence-electron chi connectivity index (χ1n) is 5.35. The van der Waals surface area contributed by atoms with Crippen LogP contribution in [0.5, 0.6) is 5.75 Å². The Balaban J connectivity index is 1.92. The molecule has 0 radical (unpaired) electrons. The molecule has 1 aliphatic rings. The third-order valence-electron chi connectivity index (χ3n) is 2.77. The van der Waals surface area contributed by atoms with Gasteiger partial charge in [-0.1, -0.05) is 11.6 Å². The fourth-order valence-electron chi connectivity index (χ4n) is 1.84. The topological polar surface area (TPSA) is 21.3 Å². The van der Waals surface area contributed by atoms with Crippen molar-refractivity contribution in [3.8, 4) is 5.75 Å². The maximum absolute atomic E-state index is 5.88. The van der Waals surface area contributed by atoms with Gasteiger partial charge in [0.15, 0.2) is 0 Å². The van der Waals surface area contributed by atoms with Gasteiger partial charge in [0.25, 0.3) is 0 Å². The lowest BCUT2D eigenvalue weighted by Crippen LogP contribution is -2.15. The van der Waals surface area contributed by atoms with Crippen LogP contribution in [0, 0.1) is 12.8 Å². The molecule has 0 unspecified atom stereocenters. The maximum Gasteiger partial charge on any atom is 0.122 e. The van der Waals surface area contributed by atoms with Crippen molar-refractivity contribution in [1.82, 2.24) is 5.32 Å². The van der Waals surface area contributed by atoms with E-state index in [1.165, 1.54) is 6.42 Å². The Hall–Kier alpha value is -0.730. The van der Waals surface area contributed by atoms with E-state index in [1.54, 1.807) is 0 Å². The third kappa shape index (κ3) is 2.86. The summed E-state index contributed by atoms with van der Waals surface area (Å²) in [6, 6.07) is 5.75. The van der Waals surface area contributed by atoms with Crippen LogP contribution in [0.25, 0.3) is 0 Å². The van der Waals surface area contributed by atoms with Crippen LogP contribution in [0.1, 0.15) is 12.0 Å². The summed E-state index contributed by atoms with van der Waals surface area (Å²) in [5.74, 6) is 1.60. The maximum atomic E-state index is 5.88. The highest BCUT2D eigenvalue weighted by Gasteiger charge is 2.15. The number of halogens is 1. The molecule has 3 heteroatoms. The second-order valence-corrected chi connectivity index (χ2v) is 4.52.